The van der Waals surface area contributed by atoms with Crippen molar-refractivity contribution in [2.75, 3.05) is 34.9 Å². The molecule has 1 aromatic heterocycles. The molecule has 0 aliphatic rings. The number of aliphatic imine (C=N–C) groups is 1. The first-order chi connectivity index (χ1) is 18.7. The van der Waals surface area contributed by atoms with Crippen LogP contribution in [0.1, 0.15) is 17.3 Å². The van der Waals surface area contributed by atoms with Crippen LogP contribution in [0.4, 0.5) is 28.4 Å². The molecule has 9 nitrogen and oxygen atoms in total. The van der Waals surface area contributed by atoms with Gasteiger partial charge in [0.05, 0.1) is 5.52 Å². The molecule has 0 atom stereocenters. The molecule has 3 aromatic carbocycles. The van der Waals surface area contributed by atoms with Crippen molar-refractivity contribution in [1.29, 1.82) is 0 Å². The number of carbonyl (C=O) groups is 1. The summed E-state index contributed by atoms with van der Waals surface area (Å²) in [6, 6.07) is 22.7. The standard InChI is InChI=1S/C30H32N8O/c1-19(2)16-28(37-30(31)32)35-23-7-5-6-20(17-23)29(39)36-22-10-8-21(9-11-22)34-27-14-15-33-26-13-12-24(38(3)4)18-25(26)27/h5-18,35H,1H2,2-4H3,(H,33,34)(H,36,39)(H4,31,32,37)/b28-16-. The van der Waals surface area contributed by atoms with Crippen LogP contribution in [0.5, 0.6) is 0 Å². The third kappa shape index (κ3) is 7.14. The van der Waals surface area contributed by atoms with Crippen LogP contribution in [0, 0.1) is 0 Å². The SMILES string of the molecule is C=C(C)/C=C(\N=C(N)N)Nc1cccc(C(=O)Nc2ccc(Nc3ccnc4ccc(N(C)C)cc34)cc2)c1. The number of nitrogens with two attached hydrogens (primary N) is 2. The second-order valence-corrected chi connectivity index (χ2v) is 9.23. The van der Waals surface area contributed by atoms with Crippen molar-refractivity contribution in [2.24, 2.45) is 16.5 Å². The Kier molecular flexibility index (Phi) is 8.11. The van der Waals surface area contributed by atoms with E-state index in [1.165, 1.54) is 0 Å². The zero-order chi connectivity index (χ0) is 27.9. The smallest absolute Gasteiger partial charge is 0.255 e. The molecule has 4 rings (SSSR count). The van der Waals surface area contributed by atoms with Crippen LogP contribution in [-0.4, -0.2) is 30.9 Å². The summed E-state index contributed by atoms with van der Waals surface area (Å²) in [5.74, 6) is 0.0864. The zero-order valence-corrected chi connectivity index (χ0v) is 22.2. The number of anilines is 5. The zero-order valence-electron chi connectivity index (χ0n) is 22.2. The normalized spacial score (nSPS) is 11.0. The van der Waals surface area contributed by atoms with Crippen LogP contribution in [0.25, 0.3) is 10.9 Å². The highest BCUT2D eigenvalue weighted by molar-refractivity contribution is 6.05. The number of carbonyl (C=O) groups excluding carboxylic acids is 1. The summed E-state index contributed by atoms with van der Waals surface area (Å²) in [6.07, 6.45) is 3.49. The minimum absolute atomic E-state index is 0.0859. The molecule has 0 bridgehead atoms. The summed E-state index contributed by atoms with van der Waals surface area (Å²) in [7, 11) is 4.02. The van der Waals surface area contributed by atoms with E-state index in [9.17, 15) is 4.79 Å². The van der Waals surface area contributed by atoms with E-state index < -0.39 is 0 Å². The Bertz CT molecular complexity index is 1570. The van der Waals surface area contributed by atoms with Gasteiger partial charge in [-0.3, -0.25) is 9.78 Å². The molecular formula is C30H32N8O. The van der Waals surface area contributed by atoms with Crippen molar-refractivity contribution in [3.8, 4) is 0 Å². The lowest BCUT2D eigenvalue weighted by Crippen LogP contribution is -2.23. The van der Waals surface area contributed by atoms with E-state index in [1.807, 2.05) is 69.6 Å². The van der Waals surface area contributed by atoms with Crippen LogP contribution in [0.15, 0.2) is 108 Å². The highest BCUT2D eigenvalue weighted by Gasteiger charge is 2.09. The van der Waals surface area contributed by atoms with Crippen molar-refractivity contribution in [3.05, 3.63) is 109 Å². The number of aromatic nitrogens is 1. The molecular weight excluding hydrogens is 488 g/mol. The molecule has 0 saturated heterocycles. The monoisotopic (exact) mass is 520 g/mol. The predicted octanol–water partition coefficient (Wildman–Crippen LogP) is 5.40. The molecule has 39 heavy (non-hydrogen) atoms. The Morgan fingerprint density at radius 2 is 1.69 bits per heavy atom. The third-order valence-electron chi connectivity index (χ3n) is 5.69. The van der Waals surface area contributed by atoms with Gasteiger partial charge in [0.2, 0.25) is 0 Å². The largest absolute Gasteiger partial charge is 0.378 e. The Morgan fingerprint density at radius 1 is 0.949 bits per heavy atom. The molecule has 7 N–H and O–H groups in total. The molecule has 0 unspecified atom stereocenters. The average Bonchev–Trinajstić information content (AvgIpc) is 2.89. The van der Waals surface area contributed by atoms with Crippen LogP contribution < -0.4 is 32.3 Å². The minimum atomic E-state index is -0.247. The fourth-order valence-corrected chi connectivity index (χ4v) is 3.87. The number of rotatable bonds is 9. The summed E-state index contributed by atoms with van der Waals surface area (Å²) < 4.78 is 0. The number of hydrogen-bond acceptors (Lipinski definition) is 6. The molecule has 0 radical (unpaired) electrons. The van der Waals surface area contributed by atoms with Gasteiger partial charge in [-0.25, -0.2) is 0 Å². The van der Waals surface area contributed by atoms with Crippen LogP contribution in [0.3, 0.4) is 0 Å². The maximum Gasteiger partial charge on any atom is 0.255 e. The summed E-state index contributed by atoms with van der Waals surface area (Å²) >= 11 is 0. The van der Waals surface area contributed by atoms with Crippen LogP contribution >= 0.6 is 0 Å². The summed E-state index contributed by atoms with van der Waals surface area (Å²) in [4.78, 5) is 23.6. The van der Waals surface area contributed by atoms with Gasteiger partial charge < -0.3 is 32.3 Å². The second-order valence-electron chi connectivity index (χ2n) is 9.23. The van der Waals surface area contributed by atoms with E-state index in [0.29, 0.717) is 22.8 Å². The first-order valence-electron chi connectivity index (χ1n) is 12.3. The Balaban J connectivity index is 1.46. The molecule has 198 valence electrons. The number of nitrogens with zero attached hydrogens (tertiary/aromatic N) is 3. The van der Waals surface area contributed by atoms with Crippen LogP contribution in [-0.2, 0) is 0 Å². The van der Waals surface area contributed by atoms with E-state index >= 15 is 0 Å². The number of amides is 1. The lowest BCUT2D eigenvalue weighted by atomic mass is 10.1. The predicted molar refractivity (Wildman–Crippen MR) is 163 cm³/mol. The quantitative estimate of drug-likeness (QED) is 0.113. The van der Waals surface area contributed by atoms with Crippen molar-refractivity contribution < 1.29 is 4.79 Å². The maximum atomic E-state index is 13.0. The molecule has 0 aliphatic heterocycles. The van der Waals surface area contributed by atoms with Gasteiger partial charge in [-0.1, -0.05) is 18.2 Å². The number of nitrogens with one attached hydrogen (secondary N) is 3. The number of fused-ring (bicyclic) bond motifs is 1. The van der Waals surface area contributed by atoms with Gasteiger partial charge in [0.25, 0.3) is 5.91 Å². The molecule has 0 saturated carbocycles. The van der Waals surface area contributed by atoms with E-state index in [-0.39, 0.29) is 11.9 Å². The maximum absolute atomic E-state index is 13.0. The fourth-order valence-electron chi connectivity index (χ4n) is 3.87. The number of pyridine rings is 1. The van der Waals surface area contributed by atoms with Gasteiger partial charge in [-0.05, 0) is 79.7 Å². The third-order valence-corrected chi connectivity index (χ3v) is 5.69. The molecule has 1 heterocycles. The number of guanidine groups is 1. The Labute approximate surface area is 227 Å². The highest BCUT2D eigenvalue weighted by atomic mass is 16.1. The van der Waals surface area contributed by atoms with Gasteiger partial charge in [0.1, 0.15) is 5.82 Å². The minimum Gasteiger partial charge on any atom is -0.378 e. The number of hydrogen-bond donors (Lipinski definition) is 5. The average molecular weight is 521 g/mol. The fraction of sp³-hybridized carbons (Fsp3) is 0.100. The van der Waals surface area contributed by atoms with E-state index in [4.69, 9.17) is 11.5 Å². The second kappa shape index (κ2) is 11.8. The van der Waals surface area contributed by atoms with E-state index in [2.05, 4.69) is 43.5 Å². The number of allylic oxidation sites excluding steroid dienone is 2. The topological polar surface area (TPSA) is 134 Å². The van der Waals surface area contributed by atoms with Crippen molar-refractivity contribution in [3.63, 3.8) is 0 Å². The molecule has 0 fully saturated rings. The molecule has 0 aliphatic carbocycles. The van der Waals surface area contributed by atoms with Crippen LogP contribution in [0.2, 0.25) is 0 Å². The first-order valence-corrected chi connectivity index (χ1v) is 12.3. The van der Waals surface area contributed by atoms with Gasteiger partial charge >= 0.3 is 0 Å². The molecule has 0 spiro atoms. The molecule has 4 aromatic rings. The van der Waals surface area contributed by atoms with Crippen molar-refractivity contribution >= 4 is 51.2 Å². The van der Waals surface area contributed by atoms with Gasteiger partial charge in [0.15, 0.2) is 5.96 Å². The Morgan fingerprint density at radius 3 is 2.38 bits per heavy atom. The van der Waals surface area contributed by atoms with Gasteiger partial charge in [0, 0.05) is 59.7 Å². The van der Waals surface area contributed by atoms with E-state index in [0.717, 1.165) is 33.5 Å². The molecule has 1 amide bonds. The number of benzene rings is 3. The highest BCUT2D eigenvalue weighted by Crippen LogP contribution is 2.29. The lowest BCUT2D eigenvalue weighted by molar-refractivity contribution is 0.102. The summed E-state index contributed by atoms with van der Waals surface area (Å²) in [5.41, 5.74) is 17.5. The summed E-state index contributed by atoms with van der Waals surface area (Å²) in [6.45, 7) is 5.68. The van der Waals surface area contributed by atoms with Gasteiger partial charge in [-0.15, -0.1) is 0 Å². The van der Waals surface area contributed by atoms with Crippen molar-refractivity contribution in [1.82, 2.24) is 4.98 Å². The van der Waals surface area contributed by atoms with E-state index in [1.54, 1.807) is 30.5 Å². The lowest BCUT2D eigenvalue weighted by Gasteiger charge is -2.15. The van der Waals surface area contributed by atoms with Crippen molar-refractivity contribution in [2.45, 2.75) is 6.92 Å². The Hall–Kier alpha value is -5.31. The first kappa shape index (κ1) is 26.7. The summed E-state index contributed by atoms with van der Waals surface area (Å²) in [5, 5.41) is 10.5. The molecule has 9 heteroatoms. The van der Waals surface area contributed by atoms with Gasteiger partial charge in [-0.2, -0.15) is 4.99 Å².